The van der Waals surface area contributed by atoms with Crippen molar-refractivity contribution < 1.29 is 14.2 Å². The highest BCUT2D eigenvalue weighted by molar-refractivity contribution is 9.10. The van der Waals surface area contributed by atoms with Crippen LogP contribution in [0.15, 0.2) is 40.9 Å². The van der Waals surface area contributed by atoms with Crippen LogP contribution in [0, 0.1) is 10.4 Å². The summed E-state index contributed by atoms with van der Waals surface area (Å²) in [5.41, 5.74) is 1.12. The lowest BCUT2D eigenvalue weighted by atomic mass is 10.2. The van der Waals surface area contributed by atoms with Crippen LogP contribution in [0.4, 0.5) is 0 Å². The maximum absolute atomic E-state index is 12.4. The second kappa shape index (κ2) is 4.24. The predicted octanol–water partition coefficient (Wildman–Crippen LogP) is 2.03. The molecule has 3 rings (SSSR count). The lowest BCUT2D eigenvalue weighted by molar-refractivity contribution is -0.591. The van der Waals surface area contributed by atoms with Gasteiger partial charge in [-0.15, -0.1) is 0 Å². The Balaban J connectivity index is 2.64. The van der Waals surface area contributed by atoms with Crippen molar-refractivity contribution in [3.8, 4) is 5.75 Å². The van der Waals surface area contributed by atoms with Crippen LogP contribution >= 0.6 is 15.9 Å². The highest BCUT2D eigenvalue weighted by atomic mass is 79.9. The molecular formula is C13H9BrN2O3. The van der Waals surface area contributed by atoms with Gasteiger partial charge in [0.2, 0.25) is 5.75 Å². The molecule has 0 N–H and O–H groups in total. The van der Waals surface area contributed by atoms with E-state index >= 15 is 0 Å². The summed E-state index contributed by atoms with van der Waals surface area (Å²) in [6.07, 6.45) is 0. The lowest BCUT2D eigenvalue weighted by Gasteiger charge is -2.10. The average molecular weight is 321 g/mol. The largest absolute Gasteiger partial charge is 0.617 e. The molecule has 0 aliphatic rings. The molecule has 0 spiro atoms. The Morgan fingerprint density at radius 3 is 2.21 bits per heavy atom. The van der Waals surface area contributed by atoms with Gasteiger partial charge in [-0.05, 0) is 22.0 Å². The lowest BCUT2D eigenvalue weighted by Crippen LogP contribution is -2.39. The third kappa shape index (κ3) is 1.60. The molecule has 96 valence electrons. The van der Waals surface area contributed by atoms with Gasteiger partial charge in [-0.25, -0.2) is 0 Å². The van der Waals surface area contributed by atoms with Crippen LogP contribution in [-0.2, 0) is 0 Å². The van der Waals surface area contributed by atoms with Gasteiger partial charge in [0, 0.05) is 18.2 Å². The van der Waals surface area contributed by atoms with Crippen LogP contribution in [0.1, 0.15) is 0 Å². The Hall–Kier alpha value is -2.08. The van der Waals surface area contributed by atoms with Crippen molar-refractivity contribution in [2.45, 2.75) is 0 Å². The Morgan fingerprint density at radius 2 is 1.58 bits per heavy atom. The van der Waals surface area contributed by atoms with Crippen molar-refractivity contribution in [2.75, 3.05) is 7.11 Å². The van der Waals surface area contributed by atoms with Crippen LogP contribution < -0.4 is 14.2 Å². The minimum absolute atomic E-state index is 0.213. The van der Waals surface area contributed by atoms with Gasteiger partial charge >= 0.3 is 5.52 Å². The highest BCUT2D eigenvalue weighted by Crippen LogP contribution is 2.30. The molecule has 0 saturated carbocycles. The summed E-state index contributed by atoms with van der Waals surface area (Å²) < 4.78 is 7.32. The topological polar surface area (TPSA) is 63.1 Å². The van der Waals surface area contributed by atoms with E-state index in [9.17, 15) is 10.4 Å². The van der Waals surface area contributed by atoms with Crippen molar-refractivity contribution in [3.63, 3.8) is 0 Å². The Morgan fingerprint density at radius 1 is 0.947 bits per heavy atom. The molecule has 0 saturated heterocycles. The van der Waals surface area contributed by atoms with E-state index < -0.39 is 0 Å². The second-order valence-electron chi connectivity index (χ2n) is 4.03. The summed E-state index contributed by atoms with van der Waals surface area (Å²) in [5, 5.41) is 24.7. The number of methoxy groups -OCH3 is 1. The Kier molecular flexibility index (Phi) is 2.67. The van der Waals surface area contributed by atoms with Gasteiger partial charge < -0.3 is 15.2 Å². The van der Waals surface area contributed by atoms with Crippen LogP contribution in [0.2, 0.25) is 0 Å². The molecular weight excluding hydrogens is 312 g/mol. The summed E-state index contributed by atoms with van der Waals surface area (Å²) in [6, 6.07) is 9.94. The Bertz CT molecular complexity index is 805. The van der Waals surface area contributed by atoms with Gasteiger partial charge in [0.15, 0.2) is 0 Å². The first-order valence-corrected chi connectivity index (χ1v) is 6.34. The summed E-state index contributed by atoms with van der Waals surface area (Å²) in [6.45, 7) is 0. The van der Waals surface area contributed by atoms with Crippen molar-refractivity contribution >= 4 is 38.0 Å². The molecule has 0 aliphatic heterocycles. The van der Waals surface area contributed by atoms with E-state index in [0.717, 1.165) is 9.46 Å². The molecule has 0 atom stereocenters. The fraction of sp³-hybridized carbons (Fsp3) is 0.0769. The normalized spacial score (nSPS) is 11.1. The number of nitrogens with zero attached hydrogens (tertiary/aromatic N) is 2. The smallest absolute Gasteiger partial charge is 0.334 e. The zero-order valence-corrected chi connectivity index (χ0v) is 11.5. The highest BCUT2D eigenvalue weighted by Gasteiger charge is 2.25. The number of para-hydroxylation sites is 2. The van der Waals surface area contributed by atoms with E-state index in [1.165, 1.54) is 7.11 Å². The number of aromatic nitrogens is 2. The van der Waals surface area contributed by atoms with Crippen molar-refractivity contribution in [1.82, 2.24) is 0 Å². The first-order chi connectivity index (χ1) is 9.15. The summed E-state index contributed by atoms with van der Waals surface area (Å²) in [4.78, 5) is 0. The van der Waals surface area contributed by atoms with Crippen molar-refractivity contribution in [2.24, 2.45) is 0 Å². The number of halogens is 1. The molecule has 3 aromatic rings. The number of benzene rings is 2. The van der Waals surface area contributed by atoms with Gasteiger partial charge in [0.25, 0.3) is 16.6 Å². The molecule has 1 aromatic heterocycles. The molecule has 0 aliphatic carbocycles. The fourth-order valence-corrected chi connectivity index (χ4v) is 2.63. The molecule has 0 radical (unpaired) electrons. The third-order valence-corrected chi connectivity index (χ3v) is 3.63. The molecule has 0 fully saturated rings. The van der Waals surface area contributed by atoms with Crippen molar-refractivity contribution in [1.29, 1.82) is 0 Å². The van der Waals surface area contributed by atoms with Gasteiger partial charge in [0.1, 0.15) is 0 Å². The monoisotopic (exact) mass is 320 g/mol. The standard InChI is InChI=1S/C13H9BrN2O3/c1-19-13-8(14)6-7-11-12(13)16(18)10-5-3-2-4-9(10)15(11)17/h2-7H,1H3. The van der Waals surface area contributed by atoms with E-state index in [2.05, 4.69) is 15.9 Å². The minimum atomic E-state index is 0.213. The number of fused-ring (bicyclic) bond motifs is 2. The van der Waals surface area contributed by atoms with Gasteiger partial charge in [-0.1, -0.05) is 12.1 Å². The van der Waals surface area contributed by atoms with E-state index in [1.807, 2.05) is 0 Å². The third-order valence-electron chi connectivity index (χ3n) is 3.01. The maximum atomic E-state index is 12.4. The Labute approximate surface area is 116 Å². The summed E-state index contributed by atoms with van der Waals surface area (Å²) in [7, 11) is 1.46. The van der Waals surface area contributed by atoms with Crippen LogP contribution in [0.25, 0.3) is 22.1 Å². The first-order valence-electron chi connectivity index (χ1n) is 5.55. The van der Waals surface area contributed by atoms with Gasteiger partial charge in [-0.2, -0.15) is 9.46 Å². The summed E-state index contributed by atoms with van der Waals surface area (Å²) >= 11 is 3.31. The molecule has 6 heteroatoms. The molecule has 0 unspecified atom stereocenters. The number of ether oxygens (including phenoxy) is 1. The van der Waals surface area contributed by atoms with Crippen LogP contribution in [0.5, 0.6) is 5.75 Å². The average Bonchev–Trinajstić information content (AvgIpc) is 2.44. The molecule has 0 bridgehead atoms. The second-order valence-corrected chi connectivity index (χ2v) is 4.88. The molecule has 2 aromatic carbocycles. The van der Waals surface area contributed by atoms with Gasteiger partial charge in [-0.3, -0.25) is 0 Å². The quantitative estimate of drug-likeness (QED) is 0.391. The summed E-state index contributed by atoms with van der Waals surface area (Å²) in [5.74, 6) is 0.350. The van der Waals surface area contributed by atoms with E-state index in [4.69, 9.17) is 4.74 Å². The molecule has 1 heterocycles. The number of hydrogen-bond donors (Lipinski definition) is 0. The number of rotatable bonds is 1. The van der Waals surface area contributed by atoms with Gasteiger partial charge in [0.05, 0.1) is 11.6 Å². The SMILES string of the molecule is COc1c(Br)ccc2c1[n+]([O-])c1ccccc1[n+]2[O-]. The molecule has 5 nitrogen and oxygen atoms in total. The van der Waals surface area contributed by atoms with E-state index in [1.54, 1.807) is 36.4 Å². The predicted molar refractivity (Wildman–Crippen MR) is 73.6 cm³/mol. The minimum Gasteiger partial charge on any atom is -0.617 e. The fourth-order valence-electron chi connectivity index (χ4n) is 2.15. The molecule has 19 heavy (non-hydrogen) atoms. The van der Waals surface area contributed by atoms with Crippen LogP contribution in [0.3, 0.4) is 0 Å². The maximum Gasteiger partial charge on any atom is 0.334 e. The first kappa shape index (κ1) is 12.0. The number of hydrogen-bond acceptors (Lipinski definition) is 3. The van der Waals surface area contributed by atoms with E-state index in [0.29, 0.717) is 21.3 Å². The van der Waals surface area contributed by atoms with E-state index in [-0.39, 0.29) is 11.0 Å². The zero-order chi connectivity index (χ0) is 13.6. The van der Waals surface area contributed by atoms with Crippen molar-refractivity contribution in [3.05, 3.63) is 51.3 Å². The molecule has 0 amide bonds. The zero-order valence-electron chi connectivity index (χ0n) is 9.96. The van der Waals surface area contributed by atoms with Crippen LogP contribution in [-0.4, -0.2) is 7.11 Å².